The van der Waals surface area contributed by atoms with E-state index < -0.39 is 0 Å². The molecule has 5 rings (SSSR count). The van der Waals surface area contributed by atoms with Crippen LogP contribution in [0.25, 0.3) is 22.1 Å². The molecule has 2 aromatic heterocycles. The third kappa shape index (κ3) is 3.59. The van der Waals surface area contributed by atoms with Crippen molar-refractivity contribution in [3.8, 4) is 5.75 Å². The van der Waals surface area contributed by atoms with Gasteiger partial charge in [-0.05, 0) is 66.9 Å². The number of aromatic nitrogens is 2. The van der Waals surface area contributed by atoms with E-state index in [0.29, 0.717) is 20.8 Å². The maximum absolute atomic E-state index is 13.7. The number of hydrogen-bond donors (Lipinski definition) is 0. The van der Waals surface area contributed by atoms with Gasteiger partial charge in [-0.3, -0.25) is 4.79 Å². The fourth-order valence-corrected chi connectivity index (χ4v) is 4.49. The number of aryl methyl sites for hydroxylation is 2. The third-order valence-electron chi connectivity index (χ3n) is 5.38. The quantitative estimate of drug-likeness (QED) is 0.412. The van der Waals surface area contributed by atoms with Crippen LogP contribution in [0.15, 0.2) is 65.5 Å². The first-order valence-electron chi connectivity index (χ1n) is 9.90. The Labute approximate surface area is 181 Å². The van der Waals surface area contributed by atoms with Crippen LogP contribution in [0.1, 0.15) is 22.3 Å². The van der Waals surface area contributed by atoms with Gasteiger partial charge in [-0.25, -0.2) is 13.8 Å². The topological polar surface area (TPSA) is 43.6 Å². The summed E-state index contributed by atoms with van der Waals surface area (Å²) in [7, 11) is 0. The van der Waals surface area contributed by atoms with E-state index in [9.17, 15) is 9.18 Å². The normalized spacial score (nSPS) is 12.2. The van der Waals surface area contributed by atoms with Crippen LogP contribution in [0.2, 0.25) is 0 Å². The minimum Gasteiger partial charge on any atom is -0.489 e. The molecular formula is C25H19FN2O2S. The number of nitrogens with zero attached hydrogens (tertiary/aromatic N) is 2. The van der Waals surface area contributed by atoms with Crippen molar-refractivity contribution in [3.63, 3.8) is 0 Å². The van der Waals surface area contributed by atoms with Gasteiger partial charge in [-0.15, -0.1) is 0 Å². The van der Waals surface area contributed by atoms with Gasteiger partial charge in [0.1, 0.15) is 18.2 Å². The molecule has 0 saturated carbocycles. The van der Waals surface area contributed by atoms with Crippen LogP contribution in [0, 0.1) is 19.7 Å². The largest absolute Gasteiger partial charge is 0.489 e. The molecule has 0 fully saturated rings. The lowest BCUT2D eigenvalue weighted by atomic mass is 10.1. The molecule has 5 aromatic rings. The zero-order valence-electron chi connectivity index (χ0n) is 17.1. The Morgan fingerprint density at radius 2 is 1.81 bits per heavy atom. The molecule has 0 bridgehead atoms. The lowest BCUT2D eigenvalue weighted by Crippen LogP contribution is -2.22. The van der Waals surface area contributed by atoms with Gasteiger partial charge in [0.25, 0.3) is 5.56 Å². The number of ether oxygens (including phenoxy) is 1. The second-order valence-corrected chi connectivity index (χ2v) is 8.53. The van der Waals surface area contributed by atoms with Gasteiger partial charge in [0.05, 0.1) is 15.6 Å². The highest BCUT2D eigenvalue weighted by Gasteiger charge is 2.12. The smallest absolute Gasteiger partial charge is 0.274 e. The highest BCUT2D eigenvalue weighted by atomic mass is 32.1. The van der Waals surface area contributed by atoms with E-state index in [1.165, 1.54) is 17.4 Å². The molecule has 0 aliphatic heterocycles. The highest BCUT2D eigenvalue weighted by molar-refractivity contribution is 7.15. The Morgan fingerprint density at radius 1 is 1.06 bits per heavy atom. The van der Waals surface area contributed by atoms with Gasteiger partial charge in [0.15, 0.2) is 4.96 Å². The van der Waals surface area contributed by atoms with Crippen LogP contribution in [0.5, 0.6) is 5.75 Å². The number of imidazole rings is 1. The first kappa shape index (κ1) is 19.5. The van der Waals surface area contributed by atoms with Crippen molar-refractivity contribution in [2.75, 3.05) is 0 Å². The Hall–Kier alpha value is -3.51. The standard InChI is InChI=1S/C25H19FN2O2S/c1-15-11-21-22(12-16(15)2)28-24(29)23(31-25(28)27-21)13-17-7-9-19(10-8-17)30-14-18-5-3-4-6-20(18)26/h3-13H,14H2,1-2H3. The summed E-state index contributed by atoms with van der Waals surface area (Å²) in [4.78, 5) is 18.3. The lowest BCUT2D eigenvalue weighted by Gasteiger charge is -2.07. The fourth-order valence-electron chi connectivity index (χ4n) is 3.51. The molecule has 0 spiro atoms. The van der Waals surface area contributed by atoms with Crippen molar-refractivity contribution < 1.29 is 9.13 Å². The van der Waals surface area contributed by atoms with E-state index in [2.05, 4.69) is 4.98 Å². The molecule has 3 aromatic carbocycles. The SMILES string of the molecule is Cc1cc2nc3sc(=Cc4ccc(OCc5ccccc5F)cc4)c(=O)n3c2cc1C. The molecule has 0 saturated heterocycles. The van der Waals surface area contributed by atoms with E-state index in [4.69, 9.17) is 4.74 Å². The zero-order valence-corrected chi connectivity index (χ0v) is 17.9. The van der Waals surface area contributed by atoms with Crippen molar-refractivity contribution in [2.45, 2.75) is 20.5 Å². The van der Waals surface area contributed by atoms with Gasteiger partial charge < -0.3 is 4.74 Å². The zero-order chi connectivity index (χ0) is 21.5. The van der Waals surface area contributed by atoms with Crippen molar-refractivity contribution in [1.29, 1.82) is 0 Å². The van der Waals surface area contributed by atoms with Crippen molar-refractivity contribution in [3.05, 3.63) is 104 Å². The van der Waals surface area contributed by atoms with Gasteiger partial charge in [0, 0.05) is 5.56 Å². The lowest BCUT2D eigenvalue weighted by molar-refractivity contribution is 0.300. The first-order valence-corrected chi connectivity index (χ1v) is 10.7. The van der Waals surface area contributed by atoms with Crippen LogP contribution in [-0.2, 0) is 6.61 Å². The first-order chi connectivity index (χ1) is 15.0. The molecular weight excluding hydrogens is 411 g/mol. The van der Waals surface area contributed by atoms with E-state index in [-0.39, 0.29) is 18.0 Å². The summed E-state index contributed by atoms with van der Waals surface area (Å²) in [6, 6.07) is 18.0. The molecule has 0 atom stereocenters. The molecule has 0 aliphatic carbocycles. The van der Waals surface area contributed by atoms with E-state index in [0.717, 1.165) is 27.7 Å². The molecule has 31 heavy (non-hydrogen) atoms. The molecule has 0 aliphatic rings. The summed E-state index contributed by atoms with van der Waals surface area (Å²) < 4.78 is 21.7. The summed E-state index contributed by atoms with van der Waals surface area (Å²) in [5.74, 6) is 0.358. The third-order valence-corrected chi connectivity index (χ3v) is 6.35. The molecule has 0 amide bonds. The monoisotopic (exact) mass is 430 g/mol. The molecule has 6 heteroatoms. The maximum atomic E-state index is 13.7. The number of fused-ring (bicyclic) bond motifs is 3. The second kappa shape index (κ2) is 7.63. The van der Waals surface area contributed by atoms with Crippen LogP contribution in [0.4, 0.5) is 4.39 Å². The van der Waals surface area contributed by atoms with E-state index >= 15 is 0 Å². The summed E-state index contributed by atoms with van der Waals surface area (Å²) in [5, 5.41) is 0. The highest BCUT2D eigenvalue weighted by Crippen LogP contribution is 2.21. The Bertz CT molecular complexity index is 1530. The molecule has 4 nitrogen and oxygen atoms in total. The van der Waals surface area contributed by atoms with Crippen molar-refractivity contribution >= 4 is 33.4 Å². The maximum Gasteiger partial charge on any atom is 0.274 e. The predicted octanol–water partition coefficient (Wildman–Crippen LogP) is 4.79. The Balaban J connectivity index is 1.44. The van der Waals surface area contributed by atoms with Crippen LogP contribution in [-0.4, -0.2) is 9.38 Å². The second-order valence-electron chi connectivity index (χ2n) is 7.52. The number of rotatable bonds is 4. The Kier molecular flexibility index (Phi) is 4.79. The van der Waals surface area contributed by atoms with Gasteiger partial charge in [-0.1, -0.05) is 41.7 Å². The average Bonchev–Trinajstić information content (AvgIpc) is 3.25. The molecule has 154 valence electrons. The molecule has 0 N–H and O–H groups in total. The summed E-state index contributed by atoms with van der Waals surface area (Å²) >= 11 is 1.38. The summed E-state index contributed by atoms with van der Waals surface area (Å²) in [5.41, 5.74) is 5.31. The number of thiazole rings is 1. The number of benzene rings is 3. The van der Waals surface area contributed by atoms with E-state index in [1.807, 2.05) is 56.3 Å². The van der Waals surface area contributed by atoms with Gasteiger partial charge in [-0.2, -0.15) is 0 Å². The van der Waals surface area contributed by atoms with E-state index in [1.54, 1.807) is 22.6 Å². The Morgan fingerprint density at radius 3 is 2.58 bits per heavy atom. The minimum absolute atomic E-state index is 0.0642. The fraction of sp³-hybridized carbons (Fsp3) is 0.120. The average molecular weight is 431 g/mol. The summed E-state index contributed by atoms with van der Waals surface area (Å²) in [6.07, 6.45) is 1.86. The molecule has 2 heterocycles. The number of halogens is 1. The van der Waals surface area contributed by atoms with Crippen molar-refractivity contribution in [1.82, 2.24) is 9.38 Å². The molecule has 0 radical (unpaired) electrons. The minimum atomic E-state index is -0.281. The molecule has 0 unspecified atom stereocenters. The van der Waals surface area contributed by atoms with Crippen LogP contribution >= 0.6 is 11.3 Å². The van der Waals surface area contributed by atoms with Gasteiger partial charge >= 0.3 is 0 Å². The van der Waals surface area contributed by atoms with Crippen LogP contribution in [0.3, 0.4) is 0 Å². The predicted molar refractivity (Wildman–Crippen MR) is 122 cm³/mol. The number of hydrogen-bond acceptors (Lipinski definition) is 4. The van der Waals surface area contributed by atoms with Gasteiger partial charge in [0.2, 0.25) is 0 Å². The van der Waals surface area contributed by atoms with Crippen LogP contribution < -0.4 is 14.8 Å². The summed E-state index contributed by atoms with van der Waals surface area (Å²) in [6.45, 7) is 4.24. The van der Waals surface area contributed by atoms with Crippen molar-refractivity contribution in [2.24, 2.45) is 0 Å².